The summed E-state index contributed by atoms with van der Waals surface area (Å²) in [6, 6.07) is 14.1. The predicted octanol–water partition coefficient (Wildman–Crippen LogP) is 3.23. The van der Waals surface area contributed by atoms with Crippen molar-refractivity contribution in [3.8, 4) is 12.3 Å². The Morgan fingerprint density at radius 1 is 0.841 bits per heavy atom. The fraction of sp³-hybridized carbons (Fsp3) is 0.583. The molecule has 0 bridgehead atoms. The van der Waals surface area contributed by atoms with Crippen molar-refractivity contribution >= 4 is 35.4 Å². The lowest BCUT2D eigenvalue weighted by Crippen LogP contribution is -2.61. The Morgan fingerprint density at radius 3 is 2.00 bits per heavy atom. The van der Waals surface area contributed by atoms with Gasteiger partial charge in [0.05, 0.1) is 32.4 Å². The number of epoxide rings is 1. The summed E-state index contributed by atoms with van der Waals surface area (Å²) in [5, 5.41) is 8.75. The Kier molecular flexibility index (Phi) is 19.3. The van der Waals surface area contributed by atoms with Gasteiger partial charge in [-0.2, -0.15) is 0 Å². The first-order valence-corrected chi connectivity index (χ1v) is 21.9. The first-order chi connectivity index (χ1) is 29.9. The highest BCUT2D eigenvalue weighted by atomic mass is 16.6. The highest BCUT2D eigenvalue weighted by Crippen LogP contribution is 2.30. The molecular weight excluding hydrogens is 807 g/mol. The quantitative estimate of drug-likeness (QED) is 0.0576. The monoisotopic (exact) mass is 873 g/mol. The highest BCUT2D eigenvalue weighted by molar-refractivity contribution is 5.99. The number of carbonyl (C=O) groups is 6. The average Bonchev–Trinajstić information content (AvgIpc) is 4.01. The molecule has 2 heterocycles. The van der Waals surface area contributed by atoms with Crippen LogP contribution in [0.25, 0.3) is 0 Å². The van der Waals surface area contributed by atoms with Crippen LogP contribution in [0.3, 0.4) is 0 Å². The van der Waals surface area contributed by atoms with Crippen molar-refractivity contribution in [1.29, 1.82) is 0 Å². The molecule has 0 saturated carbocycles. The molecule has 2 aliphatic rings. The van der Waals surface area contributed by atoms with Crippen molar-refractivity contribution in [2.45, 2.75) is 116 Å². The minimum atomic E-state index is -1.51. The summed E-state index contributed by atoms with van der Waals surface area (Å²) in [4.78, 5) is 88.2. The molecule has 2 aromatic carbocycles. The number of Topliss-reactive ketones (excluding diaryl/α,β-unsaturated/α-hetero) is 1. The van der Waals surface area contributed by atoms with Crippen LogP contribution >= 0.6 is 0 Å². The Balaban J connectivity index is 1.72. The molecule has 344 valence electrons. The summed E-state index contributed by atoms with van der Waals surface area (Å²) >= 11 is 0. The molecule has 0 aliphatic carbocycles. The van der Waals surface area contributed by atoms with Crippen LogP contribution in [0.4, 0.5) is 0 Å². The van der Waals surface area contributed by atoms with E-state index in [1.54, 1.807) is 6.92 Å². The molecule has 15 nitrogen and oxygen atoms in total. The molecule has 2 aliphatic heterocycles. The van der Waals surface area contributed by atoms with Crippen LogP contribution in [-0.4, -0.2) is 133 Å². The summed E-state index contributed by atoms with van der Waals surface area (Å²) in [7, 11) is 0. The number of morpholine rings is 1. The Labute approximate surface area is 372 Å². The number of carbonyl (C=O) groups excluding carboxylic acids is 6. The molecule has 0 spiro atoms. The third-order valence-electron chi connectivity index (χ3n) is 11.0. The third kappa shape index (κ3) is 16.2. The smallest absolute Gasteiger partial charge is 0.339 e. The van der Waals surface area contributed by atoms with E-state index in [4.69, 9.17) is 25.4 Å². The maximum Gasteiger partial charge on any atom is 0.339 e. The fourth-order valence-corrected chi connectivity index (χ4v) is 7.25. The maximum absolute atomic E-state index is 15.1. The lowest BCUT2D eigenvalue weighted by molar-refractivity contribution is -0.176. The fourth-order valence-electron chi connectivity index (χ4n) is 7.25. The Hall–Kier alpha value is -5.14. The van der Waals surface area contributed by atoms with Gasteiger partial charge in [0.2, 0.25) is 23.6 Å². The second-order valence-electron chi connectivity index (χ2n) is 17.9. The van der Waals surface area contributed by atoms with Gasteiger partial charge in [0.25, 0.3) is 0 Å². The van der Waals surface area contributed by atoms with Crippen LogP contribution in [0.2, 0.25) is 0 Å². The molecule has 2 aromatic rings. The standard InChI is InChI=1S/C48H67N5O10/c1-9-24-62-47(6,7)46(59)61-32-53(45(58)37(21-20-35-16-12-10-13-17-35)49-41(54)30-52-22-25-60-26-23-52)40(28-34(4)5)44(57)51-39(29-36-18-14-11-15-19-36)43(56)50-38(27-33(2)3)42(55)48(8)31-63-48/h1,10-19,33-34,37-40H,20-32H2,2-8H3,(H,49,54)(H,50,56)(H,51,57)/t37-,38-,39-,40-,48-/m0/s1. The van der Waals surface area contributed by atoms with Crippen LogP contribution in [0.1, 0.15) is 78.9 Å². The summed E-state index contributed by atoms with van der Waals surface area (Å²) in [5.41, 5.74) is -0.851. The summed E-state index contributed by atoms with van der Waals surface area (Å²) < 4.78 is 22.2. The van der Waals surface area contributed by atoms with Gasteiger partial charge in [-0.25, -0.2) is 4.79 Å². The number of hydrogen-bond donors (Lipinski definition) is 3. The van der Waals surface area contributed by atoms with Gasteiger partial charge in [-0.1, -0.05) is 94.3 Å². The minimum Gasteiger partial charge on any atom is -0.442 e. The van der Waals surface area contributed by atoms with Gasteiger partial charge in [0.15, 0.2) is 18.1 Å². The van der Waals surface area contributed by atoms with E-state index < -0.39 is 71.7 Å². The zero-order valence-corrected chi connectivity index (χ0v) is 38.0. The number of ether oxygens (including phenoxy) is 4. The first kappa shape index (κ1) is 50.5. The van der Waals surface area contributed by atoms with E-state index in [-0.39, 0.29) is 56.6 Å². The van der Waals surface area contributed by atoms with E-state index in [1.165, 1.54) is 13.8 Å². The van der Waals surface area contributed by atoms with Crippen LogP contribution in [0.15, 0.2) is 60.7 Å². The van der Waals surface area contributed by atoms with Crippen molar-refractivity contribution < 1.29 is 47.7 Å². The number of aryl methyl sites for hydroxylation is 1. The van der Waals surface area contributed by atoms with Crippen molar-refractivity contribution in [1.82, 2.24) is 25.8 Å². The van der Waals surface area contributed by atoms with Gasteiger partial charge < -0.3 is 34.9 Å². The number of terminal acetylenes is 1. The molecule has 63 heavy (non-hydrogen) atoms. The number of nitrogens with zero attached hydrogens (tertiary/aromatic N) is 2. The second-order valence-corrected chi connectivity index (χ2v) is 17.9. The van der Waals surface area contributed by atoms with E-state index in [1.807, 2.05) is 93.3 Å². The van der Waals surface area contributed by atoms with E-state index in [0.29, 0.717) is 39.1 Å². The first-order valence-electron chi connectivity index (χ1n) is 21.9. The lowest BCUT2D eigenvalue weighted by atomic mass is 9.93. The van der Waals surface area contributed by atoms with Crippen molar-refractivity contribution in [2.24, 2.45) is 11.8 Å². The molecule has 0 aromatic heterocycles. The zero-order chi connectivity index (χ0) is 46.2. The lowest BCUT2D eigenvalue weighted by Gasteiger charge is -2.36. The van der Waals surface area contributed by atoms with E-state index in [9.17, 15) is 24.0 Å². The van der Waals surface area contributed by atoms with E-state index in [0.717, 1.165) is 16.0 Å². The number of rotatable bonds is 25. The number of ketones is 1. The van der Waals surface area contributed by atoms with Crippen molar-refractivity contribution in [2.75, 3.05) is 52.8 Å². The van der Waals surface area contributed by atoms with Gasteiger partial charge in [0.1, 0.15) is 30.3 Å². The van der Waals surface area contributed by atoms with Gasteiger partial charge in [-0.05, 0) is 69.4 Å². The number of nitrogens with one attached hydrogen (secondary N) is 3. The number of amides is 4. The number of benzene rings is 2. The molecule has 0 radical (unpaired) electrons. The summed E-state index contributed by atoms with van der Waals surface area (Å²) in [6.45, 7) is 13.7. The van der Waals surface area contributed by atoms with Gasteiger partial charge in [-0.3, -0.25) is 33.8 Å². The minimum absolute atomic E-state index is 0.0198. The van der Waals surface area contributed by atoms with Crippen LogP contribution in [0, 0.1) is 24.2 Å². The molecule has 5 atom stereocenters. The Bertz CT molecular complexity index is 1870. The molecule has 4 rings (SSSR count). The number of esters is 1. The zero-order valence-electron chi connectivity index (χ0n) is 38.0. The summed E-state index contributed by atoms with van der Waals surface area (Å²) in [6.07, 6.45) is 6.44. The molecule has 15 heteroatoms. The largest absolute Gasteiger partial charge is 0.442 e. The van der Waals surface area contributed by atoms with Crippen molar-refractivity contribution in [3.63, 3.8) is 0 Å². The SMILES string of the molecule is C#CCOC(C)(C)C(=O)OCN(C(=O)[C@H](CCc1ccccc1)NC(=O)CN1CCOCC1)[C@@H](CC(C)C)C(=O)N[C@@H](Cc1ccccc1)C(=O)N[C@@H](CC(C)C)C(=O)[C@]1(C)CO1. The molecule has 2 saturated heterocycles. The maximum atomic E-state index is 15.1. The molecule has 3 N–H and O–H groups in total. The summed E-state index contributed by atoms with van der Waals surface area (Å²) in [5.74, 6) is -1.25. The average molecular weight is 874 g/mol. The van der Waals surface area contributed by atoms with Gasteiger partial charge in [-0.15, -0.1) is 6.42 Å². The van der Waals surface area contributed by atoms with E-state index >= 15 is 4.79 Å². The van der Waals surface area contributed by atoms with Crippen LogP contribution < -0.4 is 16.0 Å². The van der Waals surface area contributed by atoms with Crippen LogP contribution in [-0.2, 0) is 60.6 Å². The second kappa shape index (κ2) is 24.1. The highest BCUT2D eigenvalue weighted by Gasteiger charge is 2.50. The topological polar surface area (TPSA) is 185 Å². The van der Waals surface area contributed by atoms with E-state index in [2.05, 4.69) is 21.9 Å². The van der Waals surface area contributed by atoms with Gasteiger partial charge in [0, 0.05) is 19.5 Å². The van der Waals surface area contributed by atoms with Crippen molar-refractivity contribution in [3.05, 3.63) is 71.8 Å². The molecule has 2 fully saturated rings. The van der Waals surface area contributed by atoms with Crippen LogP contribution in [0.5, 0.6) is 0 Å². The third-order valence-corrected chi connectivity index (χ3v) is 11.0. The van der Waals surface area contributed by atoms with Gasteiger partial charge >= 0.3 is 5.97 Å². The molecule has 0 unspecified atom stereocenters. The Morgan fingerprint density at radius 2 is 1.43 bits per heavy atom. The number of hydrogen-bond acceptors (Lipinski definition) is 11. The predicted molar refractivity (Wildman–Crippen MR) is 237 cm³/mol. The normalized spacial score (nSPS) is 18.3. The molecular formula is C48H67N5O10. The molecule has 4 amide bonds.